The van der Waals surface area contributed by atoms with Crippen LogP contribution in [0.3, 0.4) is 0 Å². The van der Waals surface area contributed by atoms with E-state index in [2.05, 4.69) is 21.0 Å². The average molecular weight is 209 g/mol. The molecule has 0 spiro atoms. The van der Waals surface area contributed by atoms with Crippen molar-refractivity contribution in [3.8, 4) is 0 Å². The van der Waals surface area contributed by atoms with Crippen molar-refractivity contribution < 1.29 is 0 Å². The van der Waals surface area contributed by atoms with Gasteiger partial charge in [-0.2, -0.15) is 5.10 Å². The normalized spacial score (nSPS) is 10.1. The zero-order chi connectivity index (χ0) is 6.85. The summed E-state index contributed by atoms with van der Waals surface area (Å²) in [7, 11) is 0. The van der Waals surface area contributed by atoms with Crippen molar-refractivity contribution in [1.29, 1.82) is 0 Å². The number of rotatable bonds is 1. The lowest BCUT2D eigenvalue weighted by Gasteiger charge is -1.93. The monoisotopic (exact) mass is 208 g/mol. The van der Waals surface area contributed by atoms with E-state index in [0.717, 1.165) is 11.1 Å². The minimum Gasteiger partial charge on any atom is -0.257 e. The second kappa shape index (κ2) is 2.71. The van der Waals surface area contributed by atoms with Gasteiger partial charge in [0.25, 0.3) is 0 Å². The summed E-state index contributed by atoms with van der Waals surface area (Å²) in [6, 6.07) is 1.77. The van der Waals surface area contributed by atoms with Crippen molar-refractivity contribution in [3.05, 3.63) is 15.8 Å². The smallest absolute Gasteiger partial charge is 0.152 e. The summed E-state index contributed by atoms with van der Waals surface area (Å²) in [4.78, 5) is 0. The molecule has 0 N–H and O–H groups in total. The standard InChI is InChI=1S/C5H6BrClN2/c1-2-9-4(6)3-5(7)8-9/h3H,2H2,1H3. The molecule has 0 aliphatic heterocycles. The topological polar surface area (TPSA) is 17.8 Å². The van der Waals surface area contributed by atoms with E-state index < -0.39 is 0 Å². The SMILES string of the molecule is CCn1nc(Cl)cc1Br. The first-order valence-electron chi connectivity index (χ1n) is 2.63. The third-order valence-corrected chi connectivity index (χ3v) is 1.82. The number of hydrogen-bond donors (Lipinski definition) is 0. The summed E-state index contributed by atoms with van der Waals surface area (Å²) >= 11 is 8.88. The number of hydrogen-bond acceptors (Lipinski definition) is 1. The minimum absolute atomic E-state index is 0.531. The highest BCUT2D eigenvalue weighted by Crippen LogP contribution is 2.14. The lowest BCUT2D eigenvalue weighted by molar-refractivity contribution is 0.646. The first kappa shape index (κ1) is 7.09. The predicted octanol–water partition coefficient (Wildman–Crippen LogP) is 2.32. The van der Waals surface area contributed by atoms with Gasteiger partial charge in [-0.05, 0) is 22.9 Å². The third kappa shape index (κ3) is 1.46. The number of halogens is 2. The molecule has 0 aliphatic rings. The molecule has 0 aliphatic carbocycles. The zero-order valence-electron chi connectivity index (χ0n) is 4.93. The van der Waals surface area contributed by atoms with E-state index in [1.54, 1.807) is 10.7 Å². The van der Waals surface area contributed by atoms with E-state index in [4.69, 9.17) is 11.6 Å². The van der Waals surface area contributed by atoms with Gasteiger partial charge in [-0.3, -0.25) is 4.68 Å². The molecule has 0 amide bonds. The fourth-order valence-electron chi connectivity index (χ4n) is 0.587. The van der Waals surface area contributed by atoms with Crippen LogP contribution in [0.2, 0.25) is 5.15 Å². The first-order valence-corrected chi connectivity index (χ1v) is 3.80. The molecule has 1 heterocycles. The first-order chi connectivity index (χ1) is 4.24. The van der Waals surface area contributed by atoms with Crippen LogP contribution in [0.1, 0.15) is 6.92 Å². The minimum atomic E-state index is 0.531. The summed E-state index contributed by atoms with van der Waals surface area (Å²) in [5.41, 5.74) is 0. The van der Waals surface area contributed by atoms with Crippen LogP contribution in [-0.2, 0) is 6.54 Å². The maximum Gasteiger partial charge on any atom is 0.152 e. The zero-order valence-corrected chi connectivity index (χ0v) is 7.28. The van der Waals surface area contributed by atoms with Crippen LogP contribution in [-0.4, -0.2) is 9.78 Å². The average Bonchev–Trinajstić information content (AvgIpc) is 2.10. The van der Waals surface area contributed by atoms with Gasteiger partial charge in [-0.15, -0.1) is 0 Å². The van der Waals surface area contributed by atoms with Crippen molar-refractivity contribution in [2.75, 3.05) is 0 Å². The van der Waals surface area contributed by atoms with E-state index >= 15 is 0 Å². The molecule has 0 saturated carbocycles. The highest BCUT2D eigenvalue weighted by molar-refractivity contribution is 9.10. The molecule has 2 nitrogen and oxygen atoms in total. The van der Waals surface area contributed by atoms with Crippen LogP contribution in [0.15, 0.2) is 10.7 Å². The second-order valence-electron chi connectivity index (χ2n) is 1.61. The molecule has 0 atom stereocenters. The van der Waals surface area contributed by atoms with Gasteiger partial charge in [0.05, 0.1) is 0 Å². The number of aryl methyl sites for hydroxylation is 1. The molecule has 0 bridgehead atoms. The molecule has 4 heteroatoms. The van der Waals surface area contributed by atoms with E-state index in [9.17, 15) is 0 Å². The molecule has 1 aromatic rings. The Hall–Kier alpha value is -0.0200. The predicted molar refractivity (Wildman–Crippen MR) is 40.6 cm³/mol. The van der Waals surface area contributed by atoms with Crippen molar-refractivity contribution in [2.24, 2.45) is 0 Å². The fourth-order valence-corrected chi connectivity index (χ4v) is 1.46. The molecule has 50 valence electrons. The van der Waals surface area contributed by atoms with Gasteiger partial charge in [-0.1, -0.05) is 11.6 Å². The van der Waals surface area contributed by atoms with Gasteiger partial charge in [0.15, 0.2) is 5.15 Å². The van der Waals surface area contributed by atoms with Crippen LogP contribution in [0.4, 0.5) is 0 Å². The summed E-state index contributed by atoms with van der Waals surface area (Å²) in [6.07, 6.45) is 0. The molecule has 0 aromatic carbocycles. The van der Waals surface area contributed by atoms with Crippen molar-refractivity contribution >= 4 is 27.5 Å². The van der Waals surface area contributed by atoms with Crippen molar-refractivity contribution in [3.63, 3.8) is 0 Å². The van der Waals surface area contributed by atoms with E-state index in [1.165, 1.54) is 0 Å². The van der Waals surface area contributed by atoms with E-state index in [0.29, 0.717) is 5.15 Å². The van der Waals surface area contributed by atoms with Gasteiger partial charge >= 0.3 is 0 Å². The van der Waals surface area contributed by atoms with Crippen LogP contribution in [0.5, 0.6) is 0 Å². The van der Waals surface area contributed by atoms with E-state index in [1.807, 2.05) is 6.92 Å². The van der Waals surface area contributed by atoms with Crippen molar-refractivity contribution in [2.45, 2.75) is 13.5 Å². The lowest BCUT2D eigenvalue weighted by atomic mass is 10.7. The number of nitrogens with zero attached hydrogens (tertiary/aromatic N) is 2. The Kier molecular flexibility index (Phi) is 2.13. The van der Waals surface area contributed by atoms with Crippen LogP contribution in [0.25, 0.3) is 0 Å². The summed E-state index contributed by atoms with van der Waals surface area (Å²) in [5.74, 6) is 0. The maximum atomic E-state index is 5.58. The fraction of sp³-hybridized carbons (Fsp3) is 0.400. The largest absolute Gasteiger partial charge is 0.257 e. The Morgan fingerprint density at radius 3 is 2.78 bits per heavy atom. The van der Waals surface area contributed by atoms with Gasteiger partial charge in [0.2, 0.25) is 0 Å². The van der Waals surface area contributed by atoms with Crippen molar-refractivity contribution in [1.82, 2.24) is 9.78 Å². The van der Waals surface area contributed by atoms with Gasteiger partial charge < -0.3 is 0 Å². The molecular weight excluding hydrogens is 203 g/mol. The maximum absolute atomic E-state index is 5.58. The Bertz CT molecular complexity index is 209. The van der Waals surface area contributed by atoms with E-state index in [-0.39, 0.29) is 0 Å². The molecular formula is C5H6BrClN2. The van der Waals surface area contributed by atoms with Crippen LogP contribution in [0, 0.1) is 0 Å². The lowest BCUT2D eigenvalue weighted by Crippen LogP contribution is -1.95. The second-order valence-corrected chi connectivity index (χ2v) is 2.81. The molecule has 0 saturated heterocycles. The van der Waals surface area contributed by atoms with Gasteiger partial charge in [-0.25, -0.2) is 0 Å². The quantitative estimate of drug-likeness (QED) is 0.694. The third-order valence-electron chi connectivity index (χ3n) is 1.00. The molecule has 0 radical (unpaired) electrons. The highest BCUT2D eigenvalue weighted by Gasteiger charge is 1.98. The molecule has 0 unspecified atom stereocenters. The Morgan fingerprint density at radius 2 is 2.56 bits per heavy atom. The summed E-state index contributed by atoms with van der Waals surface area (Å²) in [6.45, 7) is 2.85. The summed E-state index contributed by atoms with van der Waals surface area (Å²) in [5, 5.41) is 4.50. The Balaban J connectivity index is 3.01. The summed E-state index contributed by atoms with van der Waals surface area (Å²) < 4.78 is 2.71. The van der Waals surface area contributed by atoms with Crippen LogP contribution < -0.4 is 0 Å². The molecule has 0 fully saturated rings. The Labute approximate surface area is 66.9 Å². The highest BCUT2D eigenvalue weighted by atomic mass is 79.9. The van der Waals surface area contributed by atoms with Crippen LogP contribution >= 0.6 is 27.5 Å². The van der Waals surface area contributed by atoms with Gasteiger partial charge in [0.1, 0.15) is 4.60 Å². The Morgan fingerprint density at radius 1 is 1.89 bits per heavy atom. The van der Waals surface area contributed by atoms with Gasteiger partial charge in [0, 0.05) is 12.6 Å². The molecule has 9 heavy (non-hydrogen) atoms. The molecule has 1 aromatic heterocycles. The number of aromatic nitrogens is 2. The molecule has 1 rings (SSSR count).